The van der Waals surface area contributed by atoms with Gasteiger partial charge in [-0.3, -0.25) is 0 Å². The van der Waals surface area contributed by atoms with Crippen molar-refractivity contribution >= 4 is 11.7 Å². The first-order valence-corrected chi connectivity index (χ1v) is 7.89. The number of nitrogens with one attached hydrogen (secondary N) is 2. The van der Waals surface area contributed by atoms with Crippen LogP contribution in [-0.2, 0) is 0 Å². The summed E-state index contributed by atoms with van der Waals surface area (Å²) in [7, 11) is 1.59. The van der Waals surface area contributed by atoms with Gasteiger partial charge in [-0.25, -0.2) is 4.79 Å². The molecule has 2 aromatic rings. The van der Waals surface area contributed by atoms with Crippen LogP contribution in [0.3, 0.4) is 0 Å². The molecule has 1 atom stereocenters. The molecule has 0 aliphatic rings. The molecule has 2 N–H and O–H groups in total. The smallest absolute Gasteiger partial charge is 0.319 e. The normalized spacial score (nSPS) is 11.5. The van der Waals surface area contributed by atoms with E-state index in [1.54, 1.807) is 19.2 Å². The maximum Gasteiger partial charge on any atom is 0.319 e. The maximum atomic E-state index is 12.0. The number of anilines is 1. The number of ether oxygens (including phenoxy) is 2. The van der Waals surface area contributed by atoms with Crippen LogP contribution >= 0.6 is 0 Å². The summed E-state index contributed by atoms with van der Waals surface area (Å²) in [4.78, 5) is 12.0. The van der Waals surface area contributed by atoms with Crippen LogP contribution in [-0.4, -0.2) is 25.8 Å². The van der Waals surface area contributed by atoms with Gasteiger partial charge in [0.15, 0.2) is 0 Å². The van der Waals surface area contributed by atoms with E-state index in [-0.39, 0.29) is 12.1 Å². The van der Waals surface area contributed by atoms with E-state index in [2.05, 4.69) is 17.6 Å². The van der Waals surface area contributed by atoms with Gasteiger partial charge in [-0.2, -0.15) is 0 Å². The van der Waals surface area contributed by atoms with E-state index in [9.17, 15) is 4.79 Å². The zero-order chi connectivity index (χ0) is 17.5. The van der Waals surface area contributed by atoms with Crippen LogP contribution in [0.2, 0.25) is 0 Å². The van der Waals surface area contributed by atoms with E-state index in [0.717, 1.165) is 5.75 Å². The van der Waals surface area contributed by atoms with Crippen molar-refractivity contribution in [1.82, 2.24) is 5.32 Å². The van der Waals surface area contributed by atoms with Crippen LogP contribution in [0.4, 0.5) is 10.5 Å². The second-order valence-corrected chi connectivity index (χ2v) is 5.79. The van der Waals surface area contributed by atoms with Gasteiger partial charge in [-0.15, -0.1) is 0 Å². The van der Waals surface area contributed by atoms with E-state index < -0.39 is 0 Å². The Bertz CT molecular complexity index is 701. The minimum Gasteiger partial charge on any atom is -0.497 e. The molecule has 5 heteroatoms. The highest BCUT2D eigenvalue weighted by Gasteiger charge is 2.09. The highest BCUT2D eigenvalue weighted by atomic mass is 16.5. The number of methoxy groups -OCH3 is 1. The average Bonchev–Trinajstić information content (AvgIpc) is 2.56. The lowest BCUT2D eigenvalue weighted by molar-refractivity contribution is 0.236. The number of hydrogen-bond donors (Lipinski definition) is 2. The zero-order valence-electron chi connectivity index (χ0n) is 14.6. The zero-order valence-corrected chi connectivity index (χ0v) is 14.6. The Kier molecular flexibility index (Phi) is 6.07. The third-order valence-electron chi connectivity index (χ3n) is 3.68. The van der Waals surface area contributed by atoms with Gasteiger partial charge in [-0.1, -0.05) is 12.1 Å². The highest BCUT2D eigenvalue weighted by molar-refractivity contribution is 5.89. The van der Waals surface area contributed by atoms with Crippen LogP contribution in [0.15, 0.2) is 42.5 Å². The Morgan fingerprint density at radius 3 is 2.58 bits per heavy atom. The van der Waals surface area contributed by atoms with Gasteiger partial charge in [0, 0.05) is 11.8 Å². The van der Waals surface area contributed by atoms with Crippen molar-refractivity contribution in [3.05, 3.63) is 53.6 Å². The monoisotopic (exact) mass is 328 g/mol. The molecule has 0 aromatic heterocycles. The number of aryl methyl sites for hydroxylation is 2. The minimum atomic E-state index is -0.278. The van der Waals surface area contributed by atoms with Crippen molar-refractivity contribution in [1.29, 1.82) is 0 Å². The molecular weight excluding hydrogens is 304 g/mol. The molecule has 0 fully saturated rings. The average molecular weight is 328 g/mol. The summed E-state index contributed by atoms with van der Waals surface area (Å²) in [6.07, 6.45) is 0. The largest absolute Gasteiger partial charge is 0.497 e. The molecule has 128 valence electrons. The number of carbonyl (C=O) groups excluding carboxylic acids is 1. The standard InChI is InChI=1S/C19H24N2O3/c1-13-8-9-18(10-14(13)2)24-12-15(3)20-19(22)21-16-6-5-7-17(11-16)23-4/h5-11,15H,12H2,1-4H3,(H2,20,21,22). The van der Waals surface area contributed by atoms with Gasteiger partial charge >= 0.3 is 6.03 Å². The molecule has 0 bridgehead atoms. The van der Waals surface area contributed by atoms with Crippen LogP contribution in [0.1, 0.15) is 18.1 Å². The van der Waals surface area contributed by atoms with E-state index in [1.807, 2.05) is 44.2 Å². The molecule has 0 aliphatic carbocycles. The number of carbonyl (C=O) groups is 1. The van der Waals surface area contributed by atoms with E-state index in [1.165, 1.54) is 11.1 Å². The van der Waals surface area contributed by atoms with Gasteiger partial charge in [0.2, 0.25) is 0 Å². The van der Waals surface area contributed by atoms with Gasteiger partial charge in [-0.05, 0) is 56.2 Å². The van der Waals surface area contributed by atoms with E-state index in [0.29, 0.717) is 18.0 Å². The lowest BCUT2D eigenvalue weighted by Gasteiger charge is -2.16. The lowest BCUT2D eigenvalue weighted by Crippen LogP contribution is -2.39. The molecule has 2 amide bonds. The maximum absolute atomic E-state index is 12.0. The fraction of sp³-hybridized carbons (Fsp3) is 0.316. The third kappa shape index (κ3) is 5.19. The summed E-state index contributed by atoms with van der Waals surface area (Å²) in [6.45, 7) is 6.40. The quantitative estimate of drug-likeness (QED) is 0.845. The summed E-state index contributed by atoms with van der Waals surface area (Å²) in [5.41, 5.74) is 3.09. The summed E-state index contributed by atoms with van der Waals surface area (Å²) < 4.78 is 10.9. The fourth-order valence-corrected chi connectivity index (χ4v) is 2.16. The molecular formula is C19H24N2O3. The van der Waals surface area contributed by atoms with Crippen molar-refractivity contribution in [3.8, 4) is 11.5 Å². The van der Waals surface area contributed by atoms with Gasteiger partial charge in [0.25, 0.3) is 0 Å². The van der Waals surface area contributed by atoms with Crippen molar-refractivity contribution in [2.45, 2.75) is 26.8 Å². The van der Waals surface area contributed by atoms with E-state index >= 15 is 0 Å². The highest BCUT2D eigenvalue weighted by Crippen LogP contribution is 2.17. The number of benzene rings is 2. The molecule has 0 aliphatic heterocycles. The molecule has 0 radical (unpaired) electrons. The molecule has 0 heterocycles. The van der Waals surface area contributed by atoms with Crippen LogP contribution in [0.25, 0.3) is 0 Å². The molecule has 0 saturated heterocycles. The summed E-state index contributed by atoms with van der Waals surface area (Å²) in [5, 5.41) is 5.62. The SMILES string of the molecule is COc1cccc(NC(=O)NC(C)COc2ccc(C)c(C)c2)c1. The molecule has 2 aromatic carbocycles. The van der Waals surface area contributed by atoms with Gasteiger partial charge in [0.1, 0.15) is 18.1 Å². The Hall–Kier alpha value is -2.69. The minimum absolute atomic E-state index is 0.128. The fourth-order valence-electron chi connectivity index (χ4n) is 2.16. The molecule has 5 nitrogen and oxygen atoms in total. The molecule has 2 rings (SSSR count). The topological polar surface area (TPSA) is 59.6 Å². The number of amides is 2. The first-order valence-electron chi connectivity index (χ1n) is 7.89. The predicted molar refractivity (Wildman–Crippen MR) is 96.0 cm³/mol. The van der Waals surface area contributed by atoms with Crippen molar-refractivity contribution in [2.24, 2.45) is 0 Å². The van der Waals surface area contributed by atoms with Gasteiger partial charge in [0.05, 0.1) is 13.2 Å². The van der Waals surface area contributed by atoms with Crippen molar-refractivity contribution < 1.29 is 14.3 Å². The molecule has 24 heavy (non-hydrogen) atoms. The number of hydrogen-bond acceptors (Lipinski definition) is 3. The predicted octanol–water partition coefficient (Wildman–Crippen LogP) is 3.90. The number of urea groups is 1. The van der Waals surface area contributed by atoms with Crippen molar-refractivity contribution in [3.63, 3.8) is 0 Å². The molecule has 1 unspecified atom stereocenters. The van der Waals surface area contributed by atoms with Crippen LogP contribution in [0.5, 0.6) is 11.5 Å². The lowest BCUT2D eigenvalue weighted by atomic mass is 10.1. The Labute approximate surface area is 143 Å². The Morgan fingerprint density at radius 2 is 1.88 bits per heavy atom. The van der Waals surface area contributed by atoms with Crippen molar-refractivity contribution in [2.75, 3.05) is 19.0 Å². The molecule has 0 spiro atoms. The van der Waals surface area contributed by atoms with Gasteiger partial charge < -0.3 is 20.1 Å². The third-order valence-corrected chi connectivity index (χ3v) is 3.68. The first kappa shape index (κ1) is 17.7. The molecule has 0 saturated carbocycles. The summed E-state index contributed by atoms with van der Waals surface area (Å²) >= 11 is 0. The summed E-state index contributed by atoms with van der Waals surface area (Å²) in [6, 6.07) is 12.8. The van der Waals surface area contributed by atoms with E-state index in [4.69, 9.17) is 9.47 Å². The number of rotatable bonds is 6. The second-order valence-electron chi connectivity index (χ2n) is 5.79. The Morgan fingerprint density at radius 1 is 1.08 bits per heavy atom. The summed E-state index contributed by atoms with van der Waals surface area (Å²) in [5.74, 6) is 1.50. The first-order chi connectivity index (χ1) is 11.5. The second kappa shape index (κ2) is 8.24. The Balaban J connectivity index is 1.81. The van der Waals surface area contributed by atoms with Crippen LogP contribution < -0.4 is 20.1 Å². The van der Waals surface area contributed by atoms with Crippen LogP contribution in [0, 0.1) is 13.8 Å².